The monoisotopic (exact) mass is 266 g/mol. The van der Waals surface area contributed by atoms with E-state index in [1.807, 2.05) is 38.1 Å². The van der Waals surface area contributed by atoms with E-state index in [0.717, 1.165) is 11.1 Å². The lowest BCUT2D eigenvalue weighted by atomic mass is 9.96. The predicted molar refractivity (Wildman–Crippen MR) is 89.7 cm³/mol. The van der Waals surface area contributed by atoms with Gasteiger partial charge in [-0.05, 0) is 48.9 Å². The Bertz CT molecular complexity index is 686. The summed E-state index contributed by atoms with van der Waals surface area (Å²) in [4.78, 5) is 0. The summed E-state index contributed by atoms with van der Waals surface area (Å²) in [6.45, 7) is 11.5. The molecule has 20 heavy (non-hydrogen) atoms. The number of hydrogen-bond donors (Lipinski definition) is 0. The van der Waals surface area contributed by atoms with Crippen molar-refractivity contribution in [2.24, 2.45) is 0 Å². The molecule has 2 aromatic carbocycles. The second kappa shape index (κ2) is 6.38. The first-order valence-electron chi connectivity index (χ1n) is 8.60. The molecule has 0 heteroatoms. The van der Waals surface area contributed by atoms with Crippen LogP contribution >= 0.6 is 0 Å². The van der Waals surface area contributed by atoms with Crippen molar-refractivity contribution in [3.8, 4) is 0 Å². The lowest BCUT2D eigenvalue weighted by molar-refractivity contribution is 1.09. The third-order valence-corrected chi connectivity index (χ3v) is 3.16. The molecule has 0 amide bonds. The molecule has 0 bridgehead atoms. The van der Waals surface area contributed by atoms with Crippen molar-refractivity contribution in [3.63, 3.8) is 0 Å². The zero-order valence-corrected chi connectivity index (χ0v) is 12.0. The first-order valence-corrected chi connectivity index (χ1v) is 6.60. The highest BCUT2D eigenvalue weighted by molar-refractivity contribution is 5.69. The zero-order chi connectivity index (χ0) is 18.1. The molecule has 0 saturated carbocycles. The normalized spacial score (nSPS) is 14.7. The summed E-state index contributed by atoms with van der Waals surface area (Å²) in [6.07, 6.45) is -4.57. The fourth-order valence-electron chi connectivity index (χ4n) is 1.80. The Hall–Kier alpha value is -2.08. The maximum atomic E-state index is 8.38. The van der Waals surface area contributed by atoms with Crippen molar-refractivity contribution in [2.75, 3.05) is 0 Å². The van der Waals surface area contributed by atoms with Crippen molar-refractivity contribution >= 4 is 11.1 Å². The van der Waals surface area contributed by atoms with E-state index < -0.39 is 12.7 Å². The van der Waals surface area contributed by atoms with Gasteiger partial charge in [0, 0.05) is 5.48 Å². The smallest absolute Gasteiger partial charge is 0.0319 e. The minimum absolute atomic E-state index is 0.112. The van der Waals surface area contributed by atoms with Gasteiger partial charge in [0.1, 0.15) is 0 Å². The van der Waals surface area contributed by atoms with Crippen LogP contribution in [0, 0.1) is 13.8 Å². The van der Waals surface area contributed by atoms with Gasteiger partial charge in [-0.15, -0.1) is 0 Å². The van der Waals surface area contributed by atoms with Gasteiger partial charge in [-0.3, -0.25) is 0 Å². The van der Waals surface area contributed by atoms with Gasteiger partial charge in [0.2, 0.25) is 0 Å². The molecule has 0 fully saturated rings. The van der Waals surface area contributed by atoms with Crippen LogP contribution in [-0.2, 0) is 0 Å². The highest BCUT2D eigenvalue weighted by Crippen LogP contribution is 2.24. The molecule has 0 aliphatic carbocycles. The Balaban J connectivity index is 2.37. The molecule has 0 N–H and O–H groups in total. The second-order valence-electron chi connectivity index (χ2n) is 4.94. The van der Waals surface area contributed by atoms with Crippen LogP contribution in [0.1, 0.15) is 40.5 Å². The Morgan fingerprint density at radius 1 is 0.750 bits per heavy atom. The van der Waals surface area contributed by atoms with Gasteiger partial charge in [0.05, 0.1) is 0 Å². The Kier molecular flexibility index (Phi) is 3.12. The average Bonchev–Trinajstić information content (AvgIpc) is 2.54. The van der Waals surface area contributed by atoms with Gasteiger partial charge in [0.15, 0.2) is 0 Å². The summed E-state index contributed by atoms with van der Waals surface area (Å²) in [5, 5.41) is 0. The van der Waals surface area contributed by atoms with Gasteiger partial charge in [0.25, 0.3) is 0 Å². The van der Waals surface area contributed by atoms with Crippen molar-refractivity contribution in [1.82, 2.24) is 0 Å². The van der Waals surface area contributed by atoms with Crippen molar-refractivity contribution in [3.05, 3.63) is 83.9 Å². The van der Waals surface area contributed by atoms with Crippen molar-refractivity contribution in [2.45, 2.75) is 26.6 Å². The number of hydrogen-bond acceptors (Lipinski definition) is 0. The molecular weight excluding hydrogens is 240 g/mol. The van der Waals surface area contributed by atoms with E-state index in [-0.39, 0.29) is 11.1 Å². The first kappa shape index (κ1) is 9.77. The second-order valence-corrected chi connectivity index (χ2v) is 4.94. The summed E-state index contributed by atoms with van der Waals surface area (Å²) in [5.41, 5.74) is 3.51. The SMILES string of the molecule is [2H]C([2H])(C(=C)c1ccc(C)cc1)C([2H])([2H])C(=C)c1ccc(C)cc1. The van der Waals surface area contributed by atoms with E-state index in [9.17, 15) is 0 Å². The maximum absolute atomic E-state index is 8.38. The van der Waals surface area contributed by atoms with Crippen LogP contribution in [0.4, 0.5) is 0 Å². The molecule has 0 heterocycles. The van der Waals surface area contributed by atoms with E-state index >= 15 is 0 Å². The molecule has 2 rings (SSSR count). The predicted octanol–water partition coefficient (Wildman–Crippen LogP) is 5.81. The highest BCUT2D eigenvalue weighted by Gasteiger charge is 2.03. The molecule has 0 radical (unpaired) electrons. The highest BCUT2D eigenvalue weighted by atomic mass is 14.1. The summed E-state index contributed by atoms with van der Waals surface area (Å²) in [6, 6.07) is 14.5. The third-order valence-electron chi connectivity index (χ3n) is 3.16. The van der Waals surface area contributed by atoms with Gasteiger partial charge >= 0.3 is 0 Å². The molecule has 0 unspecified atom stereocenters. The summed E-state index contributed by atoms with van der Waals surface area (Å²) in [7, 11) is 0. The molecule has 0 saturated heterocycles. The summed E-state index contributed by atoms with van der Waals surface area (Å²) >= 11 is 0. The van der Waals surface area contributed by atoms with Crippen LogP contribution in [0.5, 0.6) is 0 Å². The van der Waals surface area contributed by atoms with E-state index in [2.05, 4.69) is 13.2 Å². The topological polar surface area (TPSA) is 0 Å². The minimum atomic E-state index is -2.29. The van der Waals surface area contributed by atoms with Crippen LogP contribution in [0.3, 0.4) is 0 Å². The fraction of sp³-hybridized carbons (Fsp3) is 0.200. The first-order chi connectivity index (χ1) is 11.1. The van der Waals surface area contributed by atoms with E-state index in [0.29, 0.717) is 11.1 Å². The molecular formula is C20H22. The Morgan fingerprint density at radius 2 is 1.05 bits per heavy atom. The number of benzene rings is 2. The molecule has 0 spiro atoms. The van der Waals surface area contributed by atoms with E-state index in [1.165, 1.54) is 0 Å². The van der Waals surface area contributed by atoms with Gasteiger partial charge in [-0.25, -0.2) is 0 Å². The van der Waals surface area contributed by atoms with Crippen molar-refractivity contribution in [1.29, 1.82) is 0 Å². The number of aryl methyl sites for hydroxylation is 2. The van der Waals surface area contributed by atoms with Crippen LogP contribution in [0.15, 0.2) is 61.7 Å². The molecule has 0 aliphatic rings. The van der Waals surface area contributed by atoms with E-state index in [4.69, 9.17) is 5.48 Å². The van der Waals surface area contributed by atoms with Gasteiger partial charge < -0.3 is 0 Å². The average molecular weight is 266 g/mol. The van der Waals surface area contributed by atoms with Gasteiger partial charge in [-0.1, -0.05) is 72.8 Å². The molecule has 0 atom stereocenters. The lowest BCUT2D eigenvalue weighted by Gasteiger charge is -2.09. The molecule has 0 aliphatic heterocycles. The standard InChI is InChI=1S/C20H22/c1-15-5-11-19(12-6-15)17(3)9-10-18(4)20-13-7-16(2)8-14-20/h5-8,11-14H,3-4,9-10H2,1-2H3/i9D2,10D2. The number of allylic oxidation sites excluding steroid dienone is 2. The van der Waals surface area contributed by atoms with Crippen molar-refractivity contribution < 1.29 is 5.48 Å². The summed E-state index contributed by atoms with van der Waals surface area (Å²) < 4.78 is 33.5. The van der Waals surface area contributed by atoms with Crippen LogP contribution < -0.4 is 0 Å². The fourth-order valence-corrected chi connectivity index (χ4v) is 1.80. The Morgan fingerprint density at radius 3 is 1.35 bits per heavy atom. The minimum Gasteiger partial charge on any atom is -0.0952 e. The molecule has 2 aromatic rings. The quantitative estimate of drug-likeness (QED) is 0.640. The van der Waals surface area contributed by atoms with E-state index in [1.54, 1.807) is 24.3 Å². The van der Waals surface area contributed by atoms with Crippen LogP contribution in [0.25, 0.3) is 11.1 Å². The van der Waals surface area contributed by atoms with Crippen LogP contribution in [-0.4, -0.2) is 0 Å². The molecule has 0 aromatic heterocycles. The Labute approximate surface area is 128 Å². The number of rotatable bonds is 5. The molecule has 102 valence electrons. The largest absolute Gasteiger partial charge is 0.0952 e. The third kappa shape index (κ3) is 3.71. The lowest BCUT2D eigenvalue weighted by Crippen LogP contribution is -1.87. The van der Waals surface area contributed by atoms with Gasteiger partial charge in [-0.2, -0.15) is 0 Å². The molecule has 0 nitrogen and oxygen atoms in total. The summed E-state index contributed by atoms with van der Waals surface area (Å²) in [5.74, 6) is 0. The van der Waals surface area contributed by atoms with Crippen LogP contribution in [0.2, 0.25) is 0 Å². The zero-order valence-electron chi connectivity index (χ0n) is 16.0. The maximum Gasteiger partial charge on any atom is 0.0319 e.